The van der Waals surface area contributed by atoms with Crippen LogP contribution in [0.5, 0.6) is 0 Å². The summed E-state index contributed by atoms with van der Waals surface area (Å²) in [5.41, 5.74) is 2.90. The molecule has 2 atom stereocenters. The summed E-state index contributed by atoms with van der Waals surface area (Å²) in [5, 5.41) is 9.49. The maximum atomic E-state index is 15.1. The molecule has 4 heterocycles. The standard InChI is InChI=1S/C26H26ClFN6O2/c1-14-11-32(13-23(36-14)17-10-29-33(12-17)19-5-6-19)24-9-21(20-7-4-18(27)8-22(20)28)25-30-16(3)15(2)26(35)34(25)31-24/h4,7-10,12,14,19,23H,5-6,11,13H2,1-3H3/t14-,23-/m0/s1. The molecule has 2 aliphatic rings. The first-order valence-corrected chi connectivity index (χ1v) is 12.5. The summed E-state index contributed by atoms with van der Waals surface area (Å²) in [4.78, 5) is 19.9. The minimum atomic E-state index is -0.491. The second-order valence-corrected chi connectivity index (χ2v) is 10.2. The quantitative estimate of drug-likeness (QED) is 0.399. The van der Waals surface area contributed by atoms with Crippen LogP contribution in [0.25, 0.3) is 16.8 Å². The van der Waals surface area contributed by atoms with Gasteiger partial charge in [0.1, 0.15) is 11.9 Å². The van der Waals surface area contributed by atoms with Gasteiger partial charge in [-0.25, -0.2) is 9.37 Å². The van der Waals surface area contributed by atoms with Gasteiger partial charge in [0.2, 0.25) is 0 Å². The van der Waals surface area contributed by atoms with E-state index in [1.165, 1.54) is 10.6 Å². The minimum absolute atomic E-state index is 0.0872. The van der Waals surface area contributed by atoms with E-state index in [0.717, 1.165) is 18.4 Å². The number of hydrogen-bond acceptors (Lipinski definition) is 6. The Morgan fingerprint density at radius 1 is 1.14 bits per heavy atom. The van der Waals surface area contributed by atoms with Crippen molar-refractivity contribution < 1.29 is 9.13 Å². The summed E-state index contributed by atoms with van der Waals surface area (Å²) in [6, 6.07) is 6.78. The highest BCUT2D eigenvalue weighted by Gasteiger charge is 2.31. The van der Waals surface area contributed by atoms with Crippen LogP contribution in [0.4, 0.5) is 10.2 Å². The van der Waals surface area contributed by atoms with E-state index in [-0.39, 0.29) is 17.8 Å². The molecule has 36 heavy (non-hydrogen) atoms. The minimum Gasteiger partial charge on any atom is -0.367 e. The lowest BCUT2D eigenvalue weighted by molar-refractivity contribution is -0.0177. The summed E-state index contributed by atoms with van der Waals surface area (Å²) >= 11 is 6.01. The Kier molecular flexibility index (Phi) is 5.57. The Morgan fingerprint density at radius 2 is 1.94 bits per heavy atom. The van der Waals surface area contributed by atoms with Gasteiger partial charge in [0, 0.05) is 45.7 Å². The molecule has 0 amide bonds. The Labute approximate surface area is 212 Å². The Bertz CT molecular complexity index is 1550. The highest BCUT2D eigenvalue weighted by molar-refractivity contribution is 6.30. The molecular weight excluding hydrogens is 483 g/mol. The number of nitrogens with zero attached hydrogens (tertiary/aromatic N) is 6. The first kappa shape index (κ1) is 23.1. The molecule has 1 saturated carbocycles. The van der Waals surface area contributed by atoms with Crippen molar-refractivity contribution in [2.45, 2.75) is 51.9 Å². The lowest BCUT2D eigenvalue weighted by atomic mass is 10.1. The van der Waals surface area contributed by atoms with Crippen LogP contribution >= 0.6 is 11.6 Å². The zero-order valence-corrected chi connectivity index (χ0v) is 21.0. The summed E-state index contributed by atoms with van der Waals surface area (Å²) < 4.78 is 24.6. The summed E-state index contributed by atoms with van der Waals surface area (Å²) in [6.45, 7) is 6.59. The van der Waals surface area contributed by atoms with Gasteiger partial charge in [-0.3, -0.25) is 9.48 Å². The average Bonchev–Trinajstić information content (AvgIpc) is 3.58. The molecule has 4 aromatic rings. The average molecular weight is 509 g/mol. The number of aromatic nitrogens is 5. The topological polar surface area (TPSA) is 77.6 Å². The molecule has 1 aliphatic heterocycles. The number of fused-ring (bicyclic) bond motifs is 1. The van der Waals surface area contributed by atoms with Crippen LogP contribution in [0.2, 0.25) is 5.02 Å². The molecule has 1 saturated heterocycles. The van der Waals surface area contributed by atoms with E-state index in [1.807, 2.05) is 17.8 Å². The van der Waals surface area contributed by atoms with E-state index in [2.05, 4.69) is 26.3 Å². The molecular formula is C26H26ClFN6O2. The van der Waals surface area contributed by atoms with Crippen LogP contribution in [-0.4, -0.2) is 43.6 Å². The predicted molar refractivity (Wildman–Crippen MR) is 135 cm³/mol. The summed E-state index contributed by atoms with van der Waals surface area (Å²) in [5.74, 6) is 0.0588. The Hall–Kier alpha value is -3.30. The number of anilines is 1. The Morgan fingerprint density at radius 3 is 2.69 bits per heavy atom. The van der Waals surface area contributed by atoms with Crippen LogP contribution in [0.15, 0.2) is 41.5 Å². The van der Waals surface area contributed by atoms with E-state index >= 15 is 4.39 Å². The number of benzene rings is 1. The van der Waals surface area contributed by atoms with Crippen molar-refractivity contribution in [3.63, 3.8) is 0 Å². The molecule has 1 aliphatic carbocycles. The molecule has 1 aromatic carbocycles. The maximum Gasteiger partial charge on any atom is 0.277 e. The van der Waals surface area contributed by atoms with Crippen molar-refractivity contribution in [1.82, 2.24) is 24.4 Å². The lowest BCUT2D eigenvalue weighted by Crippen LogP contribution is -2.43. The smallest absolute Gasteiger partial charge is 0.277 e. The molecule has 0 N–H and O–H groups in total. The molecule has 6 rings (SSSR count). The van der Waals surface area contributed by atoms with Crippen molar-refractivity contribution in [2.24, 2.45) is 0 Å². The third-order valence-corrected chi connectivity index (χ3v) is 7.20. The fraction of sp³-hybridized carbons (Fsp3) is 0.385. The van der Waals surface area contributed by atoms with Gasteiger partial charge in [-0.05, 0) is 57.9 Å². The van der Waals surface area contributed by atoms with Crippen LogP contribution in [0.3, 0.4) is 0 Å². The summed E-state index contributed by atoms with van der Waals surface area (Å²) in [7, 11) is 0. The summed E-state index contributed by atoms with van der Waals surface area (Å²) in [6.07, 6.45) is 5.94. The van der Waals surface area contributed by atoms with Crippen LogP contribution in [0.1, 0.15) is 48.7 Å². The van der Waals surface area contributed by atoms with Crippen LogP contribution < -0.4 is 10.5 Å². The number of morpholine rings is 1. The second kappa shape index (κ2) is 8.67. The van der Waals surface area contributed by atoms with E-state index < -0.39 is 5.82 Å². The molecule has 8 nitrogen and oxygen atoms in total. The molecule has 0 radical (unpaired) electrons. The zero-order valence-electron chi connectivity index (χ0n) is 20.3. The van der Waals surface area contributed by atoms with Crippen molar-refractivity contribution in [2.75, 3.05) is 18.0 Å². The van der Waals surface area contributed by atoms with E-state index in [9.17, 15) is 4.79 Å². The lowest BCUT2D eigenvalue weighted by Gasteiger charge is -2.37. The van der Waals surface area contributed by atoms with Crippen molar-refractivity contribution in [1.29, 1.82) is 0 Å². The first-order valence-electron chi connectivity index (χ1n) is 12.1. The number of halogens is 2. The third kappa shape index (κ3) is 4.06. The van der Waals surface area contributed by atoms with Crippen LogP contribution in [-0.2, 0) is 4.74 Å². The van der Waals surface area contributed by atoms with Crippen molar-refractivity contribution >= 4 is 23.1 Å². The van der Waals surface area contributed by atoms with Gasteiger partial charge in [0.05, 0.1) is 24.9 Å². The Balaban J connectivity index is 1.47. The molecule has 0 bridgehead atoms. The van der Waals surface area contributed by atoms with E-state index in [1.54, 1.807) is 32.0 Å². The van der Waals surface area contributed by atoms with Gasteiger partial charge >= 0.3 is 0 Å². The number of aryl methyl sites for hydroxylation is 1. The monoisotopic (exact) mass is 508 g/mol. The molecule has 0 unspecified atom stereocenters. The highest BCUT2D eigenvalue weighted by Crippen LogP contribution is 2.36. The molecule has 3 aromatic heterocycles. The largest absolute Gasteiger partial charge is 0.367 e. The molecule has 186 valence electrons. The van der Waals surface area contributed by atoms with Gasteiger partial charge in [0.25, 0.3) is 5.56 Å². The maximum absolute atomic E-state index is 15.1. The normalized spacial score (nSPS) is 20.3. The van der Waals surface area contributed by atoms with Gasteiger partial charge in [0.15, 0.2) is 11.5 Å². The zero-order chi connectivity index (χ0) is 25.1. The van der Waals surface area contributed by atoms with Crippen LogP contribution in [0, 0.1) is 19.7 Å². The molecule has 2 fully saturated rings. The molecule has 10 heteroatoms. The first-order chi connectivity index (χ1) is 17.3. The van der Waals surface area contributed by atoms with Gasteiger partial charge < -0.3 is 9.64 Å². The number of rotatable bonds is 4. The fourth-order valence-corrected chi connectivity index (χ4v) is 4.89. The SMILES string of the molecule is Cc1nc2c(-c3ccc(Cl)cc3F)cc(N3C[C@@H](c4cnn(C5CC5)c4)O[C@@H](C)C3)nn2c(=O)c1C. The number of hydrogen-bond donors (Lipinski definition) is 0. The van der Waals surface area contributed by atoms with E-state index in [0.29, 0.717) is 58.0 Å². The second-order valence-electron chi connectivity index (χ2n) is 9.73. The van der Waals surface area contributed by atoms with Crippen molar-refractivity contribution in [3.8, 4) is 11.1 Å². The van der Waals surface area contributed by atoms with Gasteiger partial charge in [-0.15, -0.1) is 5.10 Å². The molecule has 0 spiro atoms. The van der Waals surface area contributed by atoms with Crippen molar-refractivity contribution in [3.05, 3.63) is 74.7 Å². The van der Waals surface area contributed by atoms with Gasteiger partial charge in [-0.1, -0.05) is 11.6 Å². The highest BCUT2D eigenvalue weighted by atomic mass is 35.5. The predicted octanol–water partition coefficient (Wildman–Crippen LogP) is 4.66. The fourth-order valence-electron chi connectivity index (χ4n) is 4.73. The number of ether oxygens (including phenoxy) is 1. The van der Waals surface area contributed by atoms with E-state index in [4.69, 9.17) is 16.3 Å². The van der Waals surface area contributed by atoms with Gasteiger partial charge in [-0.2, -0.15) is 9.61 Å². The third-order valence-electron chi connectivity index (χ3n) is 6.97.